The first-order valence-corrected chi connectivity index (χ1v) is 5.94. The Morgan fingerprint density at radius 2 is 1.85 bits per heavy atom. The van der Waals surface area contributed by atoms with Gasteiger partial charge < -0.3 is 0 Å². The highest BCUT2D eigenvalue weighted by molar-refractivity contribution is 5.95. The molecule has 0 bridgehead atoms. The average molecular weight is 271 g/mol. The van der Waals surface area contributed by atoms with Gasteiger partial charge in [-0.3, -0.25) is 25.8 Å². The fraction of sp³-hybridized carbons (Fsp3) is 0.0714. The zero-order valence-corrected chi connectivity index (χ0v) is 10.8. The maximum atomic E-state index is 11.9. The van der Waals surface area contributed by atoms with Crippen molar-refractivity contribution >= 4 is 17.3 Å². The standard InChI is InChI=1S/C14H13N3O3/c1-10-3-2-4-11(9-10)14(18)16-15-12-5-7-13(8-6-12)17(19)20/h2-9,15H,1H3,(H,16,18). The number of nitro benzene ring substituents is 1. The highest BCUT2D eigenvalue weighted by atomic mass is 16.6. The SMILES string of the molecule is Cc1cccc(C(=O)NNc2ccc([N+](=O)[O-])cc2)c1. The topological polar surface area (TPSA) is 84.3 Å². The zero-order chi connectivity index (χ0) is 14.5. The van der Waals surface area contributed by atoms with E-state index < -0.39 is 4.92 Å². The number of hydrogen-bond donors (Lipinski definition) is 2. The summed E-state index contributed by atoms with van der Waals surface area (Å²) in [5.41, 5.74) is 7.34. The van der Waals surface area contributed by atoms with Crippen LogP contribution >= 0.6 is 0 Å². The van der Waals surface area contributed by atoms with Crippen LogP contribution < -0.4 is 10.9 Å². The molecule has 2 aromatic rings. The van der Waals surface area contributed by atoms with Crippen molar-refractivity contribution in [2.75, 3.05) is 5.43 Å². The number of amides is 1. The third kappa shape index (κ3) is 3.32. The van der Waals surface area contributed by atoms with Crippen molar-refractivity contribution in [1.29, 1.82) is 0 Å². The van der Waals surface area contributed by atoms with Crippen molar-refractivity contribution in [2.24, 2.45) is 0 Å². The van der Waals surface area contributed by atoms with Crippen LogP contribution in [-0.2, 0) is 0 Å². The Hall–Kier alpha value is -2.89. The van der Waals surface area contributed by atoms with E-state index in [-0.39, 0.29) is 11.6 Å². The van der Waals surface area contributed by atoms with Gasteiger partial charge in [-0.1, -0.05) is 17.7 Å². The molecule has 2 N–H and O–H groups in total. The Balaban J connectivity index is 1.98. The van der Waals surface area contributed by atoms with Crippen LogP contribution in [0.5, 0.6) is 0 Å². The molecule has 0 aliphatic carbocycles. The number of nitrogens with zero attached hydrogens (tertiary/aromatic N) is 1. The maximum absolute atomic E-state index is 11.9. The van der Waals surface area contributed by atoms with E-state index >= 15 is 0 Å². The van der Waals surface area contributed by atoms with Crippen LogP contribution in [0.15, 0.2) is 48.5 Å². The molecule has 0 saturated carbocycles. The van der Waals surface area contributed by atoms with Gasteiger partial charge in [0.15, 0.2) is 0 Å². The third-order valence-electron chi connectivity index (χ3n) is 2.68. The van der Waals surface area contributed by atoms with Gasteiger partial charge in [-0.05, 0) is 31.2 Å². The molecule has 0 atom stereocenters. The molecule has 0 radical (unpaired) electrons. The van der Waals surface area contributed by atoms with Gasteiger partial charge in [0.05, 0.1) is 10.6 Å². The summed E-state index contributed by atoms with van der Waals surface area (Å²) in [7, 11) is 0. The molecule has 1 amide bonds. The first-order valence-electron chi connectivity index (χ1n) is 5.94. The lowest BCUT2D eigenvalue weighted by Gasteiger charge is -2.08. The number of aryl methyl sites for hydroxylation is 1. The van der Waals surface area contributed by atoms with Crippen LogP contribution in [0.25, 0.3) is 0 Å². The monoisotopic (exact) mass is 271 g/mol. The number of anilines is 1. The molecular formula is C14H13N3O3. The second-order valence-corrected chi connectivity index (χ2v) is 4.25. The predicted octanol–water partition coefficient (Wildman–Crippen LogP) is 2.66. The molecule has 20 heavy (non-hydrogen) atoms. The summed E-state index contributed by atoms with van der Waals surface area (Å²) < 4.78 is 0. The molecule has 0 saturated heterocycles. The number of non-ortho nitro benzene ring substituents is 1. The zero-order valence-electron chi connectivity index (χ0n) is 10.8. The Morgan fingerprint density at radius 1 is 1.15 bits per heavy atom. The Kier molecular flexibility index (Phi) is 3.95. The van der Waals surface area contributed by atoms with Gasteiger partial charge in [-0.25, -0.2) is 0 Å². The normalized spacial score (nSPS) is 9.85. The summed E-state index contributed by atoms with van der Waals surface area (Å²) in [6.07, 6.45) is 0. The van der Waals surface area contributed by atoms with Gasteiger partial charge in [-0.15, -0.1) is 0 Å². The number of nitro groups is 1. The molecule has 0 aromatic heterocycles. The molecular weight excluding hydrogens is 258 g/mol. The number of benzene rings is 2. The number of hydrazine groups is 1. The summed E-state index contributed by atoms with van der Waals surface area (Å²) in [5, 5.41) is 10.5. The van der Waals surface area contributed by atoms with Crippen molar-refractivity contribution < 1.29 is 9.72 Å². The van der Waals surface area contributed by atoms with E-state index in [0.717, 1.165) is 5.56 Å². The quantitative estimate of drug-likeness (QED) is 0.661. The molecule has 0 unspecified atom stereocenters. The molecule has 102 valence electrons. The summed E-state index contributed by atoms with van der Waals surface area (Å²) in [5.74, 6) is -0.271. The van der Waals surface area contributed by atoms with Gasteiger partial charge >= 0.3 is 0 Å². The first-order chi connectivity index (χ1) is 9.56. The Bertz CT molecular complexity index is 638. The third-order valence-corrected chi connectivity index (χ3v) is 2.68. The van der Waals surface area contributed by atoms with E-state index in [1.165, 1.54) is 24.3 Å². The minimum atomic E-state index is -0.477. The van der Waals surface area contributed by atoms with Crippen LogP contribution in [0.1, 0.15) is 15.9 Å². The lowest BCUT2D eigenvalue weighted by molar-refractivity contribution is -0.384. The molecule has 2 aromatic carbocycles. The second-order valence-electron chi connectivity index (χ2n) is 4.25. The molecule has 6 heteroatoms. The first kappa shape index (κ1) is 13.5. The van der Waals surface area contributed by atoms with Gasteiger partial charge in [0, 0.05) is 17.7 Å². The van der Waals surface area contributed by atoms with Crippen molar-refractivity contribution in [3.63, 3.8) is 0 Å². The smallest absolute Gasteiger partial charge is 0.269 e. The molecule has 0 heterocycles. The molecule has 0 fully saturated rings. The van der Waals surface area contributed by atoms with E-state index in [4.69, 9.17) is 0 Å². The molecule has 0 aliphatic rings. The maximum Gasteiger partial charge on any atom is 0.269 e. The predicted molar refractivity (Wildman–Crippen MR) is 75.4 cm³/mol. The van der Waals surface area contributed by atoms with Crippen molar-refractivity contribution in [1.82, 2.24) is 5.43 Å². The van der Waals surface area contributed by atoms with Gasteiger partial charge in [0.1, 0.15) is 0 Å². The van der Waals surface area contributed by atoms with E-state index in [1.807, 2.05) is 13.0 Å². The number of hydrogen-bond acceptors (Lipinski definition) is 4. The Morgan fingerprint density at radius 3 is 2.45 bits per heavy atom. The van der Waals surface area contributed by atoms with E-state index in [0.29, 0.717) is 11.3 Å². The number of carbonyl (C=O) groups is 1. The molecule has 2 rings (SSSR count). The second kappa shape index (κ2) is 5.83. The lowest BCUT2D eigenvalue weighted by Crippen LogP contribution is -2.29. The summed E-state index contributed by atoms with van der Waals surface area (Å²) in [4.78, 5) is 21.9. The average Bonchev–Trinajstić information content (AvgIpc) is 2.45. The fourth-order valence-electron chi connectivity index (χ4n) is 1.65. The minimum absolute atomic E-state index is 0.000519. The Labute approximate surface area is 115 Å². The number of nitrogens with one attached hydrogen (secondary N) is 2. The van der Waals surface area contributed by atoms with E-state index in [9.17, 15) is 14.9 Å². The molecule has 0 spiro atoms. The van der Waals surface area contributed by atoms with Gasteiger partial charge in [0.25, 0.3) is 11.6 Å². The van der Waals surface area contributed by atoms with Gasteiger partial charge in [0.2, 0.25) is 0 Å². The fourth-order valence-corrected chi connectivity index (χ4v) is 1.65. The summed E-state index contributed by atoms with van der Waals surface area (Å²) in [6.45, 7) is 1.90. The van der Waals surface area contributed by atoms with Crippen LogP contribution in [0, 0.1) is 17.0 Å². The van der Waals surface area contributed by atoms with Crippen molar-refractivity contribution in [2.45, 2.75) is 6.92 Å². The number of carbonyl (C=O) groups excluding carboxylic acids is 1. The van der Waals surface area contributed by atoms with Gasteiger partial charge in [-0.2, -0.15) is 0 Å². The largest absolute Gasteiger partial charge is 0.298 e. The van der Waals surface area contributed by atoms with Crippen LogP contribution in [0.2, 0.25) is 0 Å². The minimum Gasteiger partial charge on any atom is -0.298 e. The molecule has 0 aliphatic heterocycles. The summed E-state index contributed by atoms with van der Waals surface area (Å²) in [6, 6.07) is 13.0. The highest BCUT2D eigenvalue weighted by Gasteiger charge is 2.06. The lowest BCUT2D eigenvalue weighted by atomic mass is 10.1. The van der Waals surface area contributed by atoms with Crippen LogP contribution in [-0.4, -0.2) is 10.8 Å². The van der Waals surface area contributed by atoms with Crippen molar-refractivity contribution in [3.8, 4) is 0 Å². The number of rotatable bonds is 4. The highest BCUT2D eigenvalue weighted by Crippen LogP contribution is 2.14. The van der Waals surface area contributed by atoms with E-state index in [1.54, 1.807) is 18.2 Å². The van der Waals surface area contributed by atoms with Crippen molar-refractivity contribution in [3.05, 3.63) is 69.8 Å². The van der Waals surface area contributed by atoms with Crippen LogP contribution in [0.4, 0.5) is 11.4 Å². The van der Waals surface area contributed by atoms with Crippen LogP contribution in [0.3, 0.4) is 0 Å². The van der Waals surface area contributed by atoms with E-state index in [2.05, 4.69) is 10.9 Å². The summed E-state index contributed by atoms with van der Waals surface area (Å²) >= 11 is 0. The molecule has 6 nitrogen and oxygen atoms in total.